The standard InChI is InChI=1S/C9H10BrF2N3O/c1-14-7(6(10)4-13-14)8(16)15-3-2-9(11,12)5-15/h4H,2-3,5H2,1H3. The summed E-state index contributed by atoms with van der Waals surface area (Å²) in [5.74, 6) is -3.18. The summed E-state index contributed by atoms with van der Waals surface area (Å²) in [4.78, 5) is 13.1. The molecule has 4 nitrogen and oxygen atoms in total. The van der Waals surface area contributed by atoms with Crippen molar-refractivity contribution in [3.63, 3.8) is 0 Å². The maximum absolute atomic E-state index is 13.0. The third-order valence-electron chi connectivity index (χ3n) is 2.55. The predicted octanol–water partition coefficient (Wildman–Crippen LogP) is 1.66. The second kappa shape index (κ2) is 3.80. The molecule has 0 N–H and O–H groups in total. The first-order valence-electron chi connectivity index (χ1n) is 4.75. The molecule has 0 atom stereocenters. The zero-order valence-corrected chi connectivity index (χ0v) is 10.2. The van der Waals surface area contributed by atoms with Gasteiger partial charge in [-0.15, -0.1) is 0 Å². The molecular formula is C9H10BrF2N3O. The Morgan fingerprint density at radius 1 is 1.62 bits per heavy atom. The summed E-state index contributed by atoms with van der Waals surface area (Å²) in [7, 11) is 1.60. The zero-order chi connectivity index (χ0) is 11.9. The molecule has 1 aliphatic rings. The second-order valence-corrected chi connectivity index (χ2v) is 4.65. The summed E-state index contributed by atoms with van der Waals surface area (Å²) in [6.45, 7) is -0.424. The first kappa shape index (κ1) is 11.5. The minimum absolute atomic E-state index is 0.0868. The molecule has 16 heavy (non-hydrogen) atoms. The summed E-state index contributed by atoms with van der Waals surface area (Å²) in [6, 6.07) is 0. The monoisotopic (exact) mass is 293 g/mol. The summed E-state index contributed by atoms with van der Waals surface area (Å²) in [5.41, 5.74) is 0.303. The lowest BCUT2D eigenvalue weighted by atomic mass is 10.3. The molecule has 0 saturated carbocycles. The van der Waals surface area contributed by atoms with Gasteiger partial charge in [0.1, 0.15) is 5.69 Å². The van der Waals surface area contributed by atoms with E-state index in [1.54, 1.807) is 7.05 Å². The molecule has 1 fully saturated rings. The first-order valence-corrected chi connectivity index (χ1v) is 5.54. The Bertz CT molecular complexity index is 413. The molecule has 1 aliphatic heterocycles. The number of rotatable bonds is 1. The number of amides is 1. The van der Waals surface area contributed by atoms with Crippen molar-refractivity contribution in [2.24, 2.45) is 7.05 Å². The predicted molar refractivity (Wildman–Crippen MR) is 56.4 cm³/mol. The van der Waals surface area contributed by atoms with E-state index in [2.05, 4.69) is 21.0 Å². The molecule has 0 aromatic carbocycles. The van der Waals surface area contributed by atoms with Crippen LogP contribution in [0.4, 0.5) is 8.78 Å². The van der Waals surface area contributed by atoms with E-state index in [1.165, 1.54) is 10.9 Å². The molecule has 0 unspecified atom stereocenters. The van der Waals surface area contributed by atoms with Crippen LogP contribution in [0.25, 0.3) is 0 Å². The van der Waals surface area contributed by atoms with Crippen molar-refractivity contribution < 1.29 is 13.6 Å². The number of aryl methyl sites for hydroxylation is 1. The minimum atomic E-state index is -2.76. The fourth-order valence-corrected chi connectivity index (χ4v) is 2.23. The minimum Gasteiger partial charge on any atom is -0.331 e. The van der Waals surface area contributed by atoms with Crippen LogP contribution in [0.1, 0.15) is 16.9 Å². The Morgan fingerprint density at radius 2 is 2.31 bits per heavy atom. The van der Waals surface area contributed by atoms with Gasteiger partial charge in [-0.25, -0.2) is 8.78 Å². The number of alkyl halides is 2. The topological polar surface area (TPSA) is 38.1 Å². The van der Waals surface area contributed by atoms with Crippen LogP contribution in [-0.2, 0) is 7.05 Å². The van der Waals surface area contributed by atoms with Gasteiger partial charge in [0.25, 0.3) is 11.8 Å². The highest BCUT2D eigenvalue weighted by Crippen LogP contribution is 2.28. The van der Waals surface area contributed by atoms with Gasteiger partial charge in [0.15, 0.2) is 0 Å². The van der Waals surface area contributed by atoms with E-state index in [-0.39, 0.29) is 13.0 Å². The van der Waals surface area contributed by atoms with Crippen molar-refractivity contribution in [1.29, 1.82) is 0 Å². The molecule has 2 rings (SSSR count). The van der Waals surface area contributed by atoms with Crippen molar-refractivity contribution in [3.8, 4) is 0 Å². The number of carbonyl (C=O) groups is 1. The normalized spacial score (nSPS) is 19.1. The van der Waals surface area contributed by atoms with Gasteiger partial charge >= 0.3 is 0 Å². The van der Waals surface area contributed by atoms with Crippen LogP contribution in [0.2, 0.25) is 0 Å². The molecule has 2 heterocycles. The summed E-state index contributed by atoms with van der Waals surface area (Å²) < 4.78 is 27.8. The lowest BCUT2D eigenvalue weighted by Crippen LogP contribution is -2.32. The van der Waals surface area contributed by atoms with Crippen LogP contribution >= 0.6 is 15.9 Å². The second-order valence-electron chi connectivity index (χ2n) is 3.80. The van der Waals surface area contributed by atoms with Crippen LogP contribution in [0.3, 0.4) is 0 Å². The van der Waals surface area contributed by atoms with Crippen LogP contribution in [0, 0.1) is 0 Å². The van der Waals surface area contributed by atoms with E-state index >= 15 is 0 Å². The van der Waals surface area contributed by atoms with Gasteiger partial charge < -0.3 is 4.90 Å². The molecule has 1 amide bonds. The van der Waals surface area contributed by atoms with E-state index in [9.17, 15) is 13.6 Å². The Balaban J connectivity index is 2.21. The quantitative estimate of drug-likeness (QED) is 0.790. The Morgan fingerprint density at radius 3 is 2.75 bits per heavy atom. The fraction of sp³-hybridized carbons (Fsp3) is 0.556. The molecule has 1 saturated heterocycles. The van der Waals surface area contributed by atoms with E-state index in [1.807, 2.05) is 0 Å². The van der Waals surface area contributed by atoms with Gasteiger partial charge in [-0.1, -0.05) is 0 Å². The number of aromatic nitrogens is 2. The van der Waals surface area contributed by atoms with Crippen LogP contribution in [0.15, 0.2) is 10.7 Å². The molecule has 1 aromatic rings. The first-order chi connectivity index (χ1) is 7.41. The smallest absolute Gasteiger partial charge is 0.273 e. The lowest BCUT2D eigenvalue weighted by Gasteiger charge is -2.16. The van der Waals surface area contributed by atoms with E-state index in [0.29, 0.717) is 10.2 Å². The van der Waals surface area contributed by atoms with E-state index in [0.717, 1.165) is 4.90 Å². The molecule has 88 valence electrons. The zero-order valence-electron chi connectivity index (χ0n) is 8.58. The van der Waals surface area contributed by atoms with Gasteiger partial charge in [-0.2, -0.15) is 5.10 Å². The Kier molecular flexibility index (Phi) is 2.73. The number of hydrogen-bond acceptors (Lipinski definition) is 2. The lowest BCUT2D eigenvalue weighted by molar-refractivity contribution is 0.0118. The third-order valence-corrected chi connectivity index (χ3v) is 3.13. The summed E-state index contributed by atoms with van der Waals surface area (Å²) in [5, 5.41) is 3.88. The number of carbonyl (C=O) groups excluding carboxylic acids is 1. The average Bonchev–Trinajstić information content (AvgIpc) is 2.70. The Hall–Kier alpha value is -0.980. The Labute approximate surface area is 99.3 Å². The number of likely N-dealkylation sites (tertiary alicyclic amines) is 1. The van der Waals surface area contributed by atoms with Crippen molar-refractivity contribution in [1.82, 2.24) is 14.7 Å². The highest BCUT2D eigenvalue weighted by atomic mass is 79.9. The average molecular weight is 294 g/mol. The van der Waals surface area contributed by atoms with E-state index < -0.39 is 18.4 Å². The van der Waals surface area contributed by atoms with Crippen LogP contribution in [-0.4, -0.2) is 39.6 Å². The van der Waals surface area contributed by atoms with E-state index in [4.69, 9.17) is 0 Å². The molecule has 0 spiro atoms. The number of nitrogens with zero attached hydrogens (tertiary/aromatic N) is 3. The SMILES string of the molecule is Cn1ncc(Br)c1C(=O)N1CCC(F)(F)C1. The maximum atomic E-state index is 13.0. The summed E-state index contributed by atoms with van der Waals surface area (Å²) >= 11 is 3.17. The molecular weight excluding hydrogens is 284 g/mol. The van der Waals surface area contributed by atoms with Crippen LogP contribution < -0.4 is 0 Å². The van der Waals surface area contributed by atoms with Crippen molar-refractivity contribution in [2.45, 2.75) is 12.3 Å². The van der Waals surface area contributed by atoms with Crippen molar-refractivity contribution in [2.75, 3.05) is 13.1 Å². The van der Waals surface area contributed by atoms with Gasteiger partial charge in [0.2, 0.25) is 0 Å². The van der Waals surface area contributed by atoms with Crippen molar-refractivity contribution in [3.05, 3.63) is 16.4 Å². The van der Waals surface area contributed by atoms with Gasteiger partial charge in [0.05, 0.1) is 17.2 Å². The fourth-order valence-electron chi connectivity index (χ4n) is 1.71. The molecule has 0 aliphatic carbocycles. The van der Waals surface area contributed by atoms with Gasteiger partial charge in [0, 0.05) is 20.0 Å². The van der Waals surface area contributed by atoms with Crippen molar-refractivity contribution >= 4 is 21.8 Å². The largest absolute Gasteiger partial charge is 0.331 e. The summed E-state index contributed by atoms with van der Waals surface area (Å²) in [6.07, 6.45) is 1.20. The van der Waals surface area contributed by atoms with Crippen LogP contribution in [0.5, 0.6) is 0 Å². The number of hydrogen-bond donors (Lipinski definition) is 0. The highest BCUT2D eigenvalue weighted by Gasteiger charge is 2.41. The molecule has 1 aromatic heterocycles. The molecule has 0 radical (unpaired) electrons. The van der Waals surface area contributed by atoms with Gasteiger partial charge in [-0.3, -0.25) is 9.48 Å². The maximum Gasteiger partial charge on any atom is 0.273 e. The molecule has 7 heteroatoms. The van der Waals surface area contributed by atoms with Gasteiger partial charge in [-0.05, 0) is 15.9 Å². The highest BCUT2D eigenvalue weighted by molar-refractivity contribution is 9.10. The third kappa shape index (κ3) is 1.95. The number of halogens is 3. The molecule has 0 bridgehead atoms.